The van der Waals surface area contributed by atoms with E-state index in [4.69, 9.17) is 0 Å². The Hall–Kier alpha value is -1.65. The summed E-state index contributed by atoms with van der Waals surface area (Å²) in [7, 11) is -3.57. The van der Waals surface area contributed by atoms with Crippen molar-refractivity contribution >= 4 is 37.3 Å². The number of thiazole rings is 1. The number of hydrogen-bond acceptors (Lipinski definition) is 6. The van der Waals surface area contributed by atoms with Gasteiger partial charge in [-0.05, 0) is 24.3 Å². The molecule has 0 aliphatic carbocycles. The molecule has 0 amide bonds. The number of nitrogens with zero attached hydrogens (tertiary/aromatic N) is 4. The lowest BCUT2D eigenvalue weighted by molar-refractivity contribution is 0.180. The van der Waals surface area contributed by atoms with Crippen molar-refractivity contribution in [1.82, 2.24) is 19.2 Å². The molecule has 3 heterocycles. The highest BCUT2D eigenvalue weighted by atomic mass is 79.9. The molecular weight excluding hydrogens is 460 g/mol. The van der Waals surface area contributed by atoms with Gasteiger partial charge < -0.3 is 0 Å². The minimum Gasteiger partial charge on any atom is -0.295 e. The van der Waals surface area contributed by atoms with Crippen LogP contribution in [0.5, 0.6) is 0 Å². The summed E-state index contributed by atoms with van der Waals surface area (Å²) in [5, 5.41) is 2.47. The maximum atomic E-state index is 13.0. The molecule has 3 aromatic rings. The number of halogens is 1. The van der Waals surface area contributed by atoms with Gasteiger partial charge in [0.05, 0.1) is 5.69 Å². The van der Waals surface area contributed by atoms with Crippen LogP contribution < -0.4 is 0 Å². The normalized spacial score (nSPS) is 16.3. The Morgan fingerprint density at radius 3 is 2.46 bits per heavy atom. The highest BCUT2D eigenvalue weighted by molar-refractivity contribution is 9.10. The molecule has 146 valence electrons. The molecule has 0 unspecified atom stereocenters. The summed E-state index contributed by atoms with van der Waals surface area (Å²) in [5.74, 6) is 0. The Balaban J connectivity index is 1.42. The van der Waals surface area contributed by atoms with Crippen LogP contribution in [0.25, 0.3) is 10.6 Å². The fourth-order valence-electron chi connectivity index (χ4n) is 3.08. The summed E-state index contributed by atoms with van der Waals surface area (Å²) in [5.41, 5.74) is 1.91. The second-order valence-electron chi connectivity index (χ2n) is 6.50. The van der Waals surface area contributed by atoms with Gasteiger partial charge in [0.2, 0.25) is 0 Å². The maximum Gasteiger partial charge on any atom is 0.261 e. The predicted molar refractivity (Wildman–Crippen MR) is 114 cm³/mol. The van der Waals surface area contributed by atoms with E-state index in [9.17, 15) is 8.42 Å². The monoisotopic (exact) mass is 478 g/mol. The fourth-order valence-corrected chi connectivity index (χ4v) is 5.84. The summed E-state index contributed by atoms with van der Waals surface area (Å²) in [6.07, 6.45) is 1.78. The van der Waals surface area contributed by atoms with Crippen LogP contribution in [0.15, 0.2) is 63.5 Å². The SMILES string of the molecule is O=S(=O)(c1csc(-c2ccc(Br)cc2)n1)N1CCN(Cc2ccccn2)CC1. The highest BCUT2D eigenvalue weighted by Gasteiger charge is 2.30. The summed E-state index contributed by atoms with van der Waals surface area (Å²) in [6.45, 7) is 3.01. The first-order valence-electron chi connectivity index (χ1n) is 8.86. The lowest BCUT2D eigenvalue weighted by Gasteiger charge is -2.33. The molecule has 0 spiro atoms. The fraction of sp³-hybridized carbons (Fsp3) is 0.263. The third-order valence-corrected chi connectivity index (χ3v) is 7.97. The van der Waals surface area contributed by atoms with Crippen LogP contribution in [0.4, 0.5) is 0 Å². The third kappa shape index (κ3) is 4.33. The van der Waals surface area contributed by atoms with E-state index in [1.807, 2.05) is 42.5 Å². The largest absolute Gasteiger partial charge is 0.295 e. The molecule has 1 saturated heterocycles. The van der Waals surface area contributed by atoms with E-state index in [0.717, 1.165) is 22.3 Å². The molecule has 0 N–H and O–H groups in total. The number of piperazine rings is 1. The first kappa shape index (κ1) is 19.7. The van der Waals surface area contributed by atoms with Gasteiger partial charge in [-0.25, -0.2) is 13.4 Å². The number of hydrogen-bond donors (Lipinski definition) is 0. The Kier molecular flexibility index (Phi) is 5.88. The van der Waals surface area contributed by atoms with Crippen molar-refractivity contribution in [3.05, 3.63) is 64.2 Å². The van der Waals surface area contributed by atoms with Crippen LogP contribution in [-0.2, 0) is 16.6 Å². The van der Waals surface area contributed by atoms with Gasteiger partial charge in [-0.2, -0.15) is 4.31 Å². The van der Waals surface area contributed by atoms with E-state index in [1.54, 1.807) is 11.6 Å². The second-order valence-corrected chi connectivity index (χ2v) is 10.2. The minimum absolute atomic E-state index is 0.133. The summed E-state index contributed by atoms with van der Waals surface area (Å²) in [6, 6.07) is 13.5. The molecule has 1 aliphatic heterocycles. The molecular formula is C19H19BrN4O2S2. The molecule has 28 heavy (non-hydrogen) atoms. The van der Waals surface area contributed by atoms with Crippen molar-refractivity contribution in [2.45, 2.75) is 11.6 Å². The van der Waals surface area contributed by atoms with E-state index < -0.39 is 10.0 Å². The molecule has 0 saturated carbocycles. The lowest BCUT2D eigenvalue weighted by Crippen LogP contribution is -2.48. The summed E-state index contributed by atoms with van der Waals surface area (Å²) < 4.78 is 28.5. The van der Waals surface area contributed by atoms with E-state index in [0.29, 0.717) is 31.2 Å². The molecule has 1 aliphatic rings. The van der Waals surface area contributed by atoms with E-state index >= 15 is 0 Å². The first-order chi connectivity index (χ1) is 13.5. The third-order valence-electron chi connectivity index (χ3n) is 4.62. The van der Waals surface area contributed by atoms with Crippen molar-refractivity contribution < 1.29 is 8.42 Å². The van der Waals surface area contributed by atoms with Crippen LogP contribution in [0.3, 0.4) is 0 Å². The highest BCUT2D eigenvalue weighted by Crippen LogP contribution is 2.28. The molecule has 0 bridgehead atoms. The molecule has 1 fully saturated rings. The average molecular weight is 479 g/mol. The second kappa shape index (κ2) is 8.38. The van der Waals surface area contributed by atoms with E-state index in [-0.39, 0.29) is 5.03 Å². The van der Waals surface area contributed by atoms with Crippen molar-refractivity contribution in [2.75, 3.05) is 26.2 Å². The number of rotatable bonds is 5. The van der Waals surface area contributed by atoms with Gasteiger partial charge in [-0.15, -0.1) is 11.3 Å². The molecule has 6 nitrogen and oxygen atoms in total. The van der Waals surface area contributed by atoms with Gasteiger partial charge in [0.25, 0.3) is 10.0 Å². The van der Waals surface area contributed by atoms with E-state index in [2.05, 4.69) is 30.8 Å². The van der Waals surface area contributed by atoms with Gasteiger partial charge in [-0.1, -0.05) is 34.1 Å². The van der Waals surface area contributed by atoms with Gasteiger partial charge in [0, 0.05) is 54.3 Å². The number of sulfonamides is 1. The molecule has 0 atom stereocenters. The number of aromatic nitrogens is 2. The summed E-state index contributed by atoms with van der Waals surface area (Å²) in [4.78, 5) is 11.0. The van der Waals surface area contributed by atoms with E-state index in [1.165, 1.54) is 15.6 Å². The zero-order valence-electron chi connectivity index (χ0n) is 15.0. The number of pyridine rings is 1. The maximum absolute atomic E-state index is 13.0. The lowest BCUT2D eigenvalue weighted by atomic mass is 10.2. The van der Waals surface area contributed by atoms with Crippen LogP contribution in [0.1, 0.15) is 5.69 Å². The van der Waals surface area contributed by atoms with Crippen LogP contribution in [0, 0.1) is 0 Å². The molecule has 9 heteroatoms. The summed E-state index contributed by atoms with van der Waals surface area (Å²) >= 11 is 4.76. The zero-order chi connectivity index (χ0) is 19.6. The van der Waals surface area contributed by atoms with Crippen molar-refractivity contribution in [3.8, 4) is 10.6 Å². The van der Waals surface area contributed by atoms with Crippen LogP contribution >= 0.6 is 27.3 Å². The Morgan fingerprint density at radius 1 is 1.04 bits per heavy atom. The van der Waals surface area contributed by atoms with Gasteiger partial charge >= 0.3 is 0 Å². The number of benzene rings is 1. The predicted octanol–water partition coefficient (Wildman–Crippen LogP) is 3.47. The quantitative estimate of drug-likeness (QED) is 0.561. The Labute approximate surface area is 177 Å². The first-order valence-corrected chi connectivity index (χ1v) is 12.0. The van der Waals surface area contributed by atoms with Crippen LogP contribution in [-0.4, -0.2) is 53.8 Å². The average Bonchev–Trinajstić information content (AvgIpc) is 3.21. The molecule has 1 aromatic carbocycles. The van der Waals surface area contributed by atoms with Crippen molar-refractivity contribution in [1.29, 1.82) is 0 Å². The molecule has 2 aromatic heterocycles. The van der Waals surface area contributed by atoms with Crippen molar-refractivity contribution in [3.63, 3.8) is 0 Å². The van der Waals surface area contributed by atoms with Crippen LogP contribution in [0.2, 0.25) is 0 Å². The Bertz CT molecular complexity index is 1030. The van der Waals surface area contributed by atoms with Gasteiger partial charge in [0.1, 0.15) is 5.01 Å². The van der Waals surface area contributed by atoms with Crippen molar-refractivity contribution in [2.24, 2.45) is 0 Å². The minimum atomic E-state index is -3.57. The molecule has 0 radical (unpaired) electrons. The van der Waals surface area contributed by atoms with Gasteiger partial charge in [0.15, 0.2) is 5.03 Å². The smallest absolute Gasteiger partial charge is 0.261 e. The topological polar surface area (TPSA) is 66.4 Å². The molecule has 4 rings (SSSR count). The zero-order valence-corrected chi connectivity index (χ0v) is 18.3. The van der Waals surface area contributed by atoms with Gasteiger partial charge in [-0.3, -0.25) is 9.88 Å². The Morgan fingerprint density at radius 2 is 1.79 bits per heavy atom. The standard InChI is InChI=1S/C19H19BrN4O2S2/c20-16-6-4-15(5-7-16)19-22-18(14-27-19)28(25,26)24-11-9-23(10-12-24)13-17-3-1-2-8-21-17/h1-8,14H,9-13H2.